The first-order chi connectivity index (χ1) is 8.54. The van der Waals surface area contributed by atoms with Gasteiger partial charge in [0.15, 0.2) is 0 Å². The molecule has 0 aromatic heterocycles. The number of hydrogen-bond donors (Lipinski definition) is 1. The third kappa shape index (κ3) is 4.14. The fourth-order valence-electron chi connectivity index (χ4n) is 1.58. The van der Waals surface area contributed by atoms with Crippen molar-refractivity contribution in [1.29, 1.82) is 0 Å². The number of nitrogens with zero attached hydrogens (tertiary/aromatic N) is 1. The molecule has 6 nitrogen and oxygen atoms in total. The van der Waals surface area contributed by atoms with Crippen LogP contribution in [0.2, 0.25) is 0 Å². The van der Waals surface area contributed by atoms with Gasteiger partial charge in [0.25, 0.3) is 5.69 Å². The summed E-state index contributed by atoms with van der Waals surface area (Å²) in [6.07, 6.45) is 1.99. The zero-order valence-electron chi connectivity index (χ0n) is 10.2. The number of nitro groups is 1. The lowest BCUT2D eigenvalue weighted by atomic mass is 10.0. The number of hydrogen-bond acceptors (Lipinski definition) is 5. The Morgan fingerprint density at radius 3 is 2.56 bits per heavy atom. The van der Waals surface area contributed by atoms with Crippen molar-refractivity contribution in [2.45, 2.75) is 25.3 Å². The van der Waals surface area contributed by atoms with Crippen molar-refractivity contribution < 1.29 is 14.5 Å². The van der Waals surface area contributed by atoms with Crippen LogP contribution in [0.15, 0.2) is 24.3 Å². The van der Waals surface area contributed by atoms with Crippen LogP contribution in [0.1, 0.15) is 18.4 Å². The van der Waals surface area contributed by atoms with Crippen LogP contribution in [0, 0.1) is 10.1 Å². The molecule has 0 aliphatic heterocycles. The van der Waals surface area contributed by atoms with Gasteiger partial charge in [-0.1, -0.05) is 12.1 Å². The molecule has 0 heterocycles. The number of methoxy groups -OCH3 is 1. The van der Waals surface area contributed by atoms with Gasteiger partial charge in [-0.15, -0.1) is 0 Å². The molecule has 0 saturated carbocycles. The zero-order chi connectivity index (χ0) is 13.5. The highest BCUT2D eigenvalue weighted by Crippen LogP contribution is 2.14. The third-order valence-corrected chi connectivity index (χ3v) is 2.63. The number of carbonyl (C=O) groups excluding carboxylic acids is 1. The summed E-state index contributed by atoms with van der Waals surface area (Å²) in [6, 6.07) is 5.75. The molecule has 2 N–H and O–H groups in total. The maximum Gasteiger partial charge on any atom is 0.322 e. The Morgan fingerprint density at radius 1 is 1.44 bits per heavy atom. The molecule has 0 unspecified atom stereocenters. The molecule has 0 spiro atoms. The smallest absolute Gasteiger partial charge is 0.322 e. The molecule has 0 aliphatic rings. The van der Waals surface area contributed by atoms with Gasteiger partial charge in [-0.05, 0) is 24.8 Å². The van der Waals surface area contributed by atoms with Crippen molar-refractivity contribution in [3.05, 3.63) is 39.9 Å². The molecule has 0 radical (unpaired) electrons. The number of benzene rings is 1. The van der Waals surface area contributed by atoms with Gasteiger partial charge in [0.2, 0.25) is 0 Å². The second kappa shape index (κ2) is 6.70. The Labute approximate surface area is 105 Å². The zero-order valence-corrected chi connectivity index (χ0v) is 10.2. The number of nitrogens with two attached hydrogens (primary N) is 1. The Balaban J connectivity index is 2.40. The first-order valence-corrected chi connectivity index (χ1v) is 5.61. The Kier molecular flexibility index (Phi) is 5.26. The Hall–Kier alpha value is -1.95. The molecule has 1 rings (SSSR count). The van der Waals surface area contributed by atoms with Crippen molar-refractivity contribution in [2.24, 2.45) is 5.73 Å². The van der Waals surface area contributed by atoms with E-state index < -0.39 is 16.9 Å². The lowest BCUT2D eigenvalue weighted by Gasteiger charge is -2.08. The molecule has 1 atom stereocenters. The van der Waals surface area contributed by atoms with Crippen LogP contribution in [0.4, 0.5) is 5.69 Å². The molecule has 6 heteroatoms. The summed E-state index contributed by atoms with van der Waals surface area (Å²) in [6.45, 7) is 0. The molecule has 0 aliphatic carbocycles. The molecule has 0 bridgehead atoms. The molecule has 1 aromatic rings. The molecule has 0 fully saturated rings. The Morgan fingerprint density at radius 2 is 2.06 bits per heavy atom. The molecule has 18 heavy (non-hydrogen) atoms. The second-order valence-electron chi connectivity index (χ2n) is 3.95. The van der Waals surface area contributed by atoms with Gasteiger partial charge in [0, 0.05) is 12.1 Å². The fraction of sp³-hybridized carbons (Fsp3) is 0.417. The van der Waals surface area contributed by atoms with Gasteiger partial charge >= 0.3 is 5.97 Å². The Bertz CT molecular complexity index is 417. The van der Waals surface area contributed by atoms with E-state index in [0.29, 0.717) is 6.42 Å². The van der Waals surface area contributed by atoms with Crippen LogP contribution in [0.5, 0.6) is 0 Å². The molecular formula is C12H16N2O4. The number of rotatable bonds is 6. The van der Waals surface area contributed by atoms with E-state index >= 15 is 0 Å². The van der Waals surface area contributed by atoms with E-state index in [4.69, 9.17) is 5.73 Å². The van der Waals surface area contributed by atoms with Crippen LogP contribution < -0.4 is 5.73 Å². The van der Waals surface area contributed by atoms with Crippen molar-refractivity contribution in [2.75, 3.05) is 7.11 Å². The van der Waals surface area contributed by atoms with Gasteiger partial charge in [-0.25, -0.2) is 0 Å². The lowest BCUT2D eigenvalue weighted by molar-refractivity contribution is -0.384. The predicted molar refractivity (Wildman–Crippen MR) is 66.0 cm³/mol. The monoisotopic (exact) mass is 252 g/mol. The largest absolute Gasteiger partial charge is 0.468 e. The average Bonchev–Trinajstić information content (AvgIpc) is 2.38. The number of esters is 1. The highest BCUT2D eigenvalue weighted by Gasteiger charge is 2.12. The molecule has 1 aromatic carbocycles. The SMILES string of the molecule is COC(=O)[C@H](N)CCCc1ccc([N+](=O)[O-])cc1. The second-order valence-corrected chi connectivity index (χ2v) is 3.95. The number of carbonyl (C=O) groups is 1. The van der Waals surface area contributed by atoms with E-state index in [0.717, 1.165) is 18.4 Å². The minimum Gasteiger partial charge on any atom is -0.468 e. The fourth-order valence-corrected chi connectivity index (χ4v) is 1.58. The summed E-state index contributed by atoms with van der Waals surface area (Å²) in [5.41, 5.74) is 6.65. The van der Waals surface area contributed by atoms with E-state index in [1.165, 1.54) is 19.2 Å². The summed E-state index contributed by atoms with van der Waals surface area (Å²) in [4.78, 5) is 21.1. The number of non-ortho nitro benzene ring substituents is 1. The van der Waals surface area contributed by atoms with Crippen LogP contribution in [0.25, 0.3) is 0 Å². The van der Waals surface area contributed by atoms with Crippen molar-refractivity contribution in [3.63, 3.8) is 0 Å². The third-order valence-electron chi connectivity index (χ3n) is 2.63. The average molecular weight is 252 g/mol. The molecular weight excluding hydrogens is 236 g/mol. The van der Waals surface area contributed by atoms with E-state index in [2.05, 4.69) is 4.74 Å². The van der Waals surface area contributed by atoms with Gasteiger partial charge in [0.1, 0.15) is 6.04 Å². The quantitative estimate of drug-likeness (QED) is 0.469. The van der Waals surface area contributed by atoms with Gasteiger partial charge in [0.05, 0.1) is 12.0 Å². The first-order valence-electron chi connectivity index (χ1n) is 5.61. The first kappa shape index (κ1) is 14.1. The molecule has 98 valence electrons. The summed E-state index contributed by atoms with van der Waals surface area (Å²) in [7, 11) is 1.30. The predicted octanol–water partition coefficient (Wildman–Crippen LogP) is 1.42. The van der Waals surface area contributed by atoms with Crippen LogP contribution in [-0.2, 0) is 16.0 Å². The van der Waals surface area contributed by atoms with E-state index in [1.807, 2.05) is 0 Å². The number of aryl methyl sites for hydroxylation is 1. The normalized spacial score (nSPS) is 11.9. The van der Waals surface area contributed by atoms with E-state index in [9.17, 15) is 14.9 Å². The van der Waals surface area contributed by atoms with Crippen LogP contribution in [0.3, 0.4) is 0 Å². The van der Waals surface area contributed by atoms with Gasteiger partial charge in [-0.3, -0.25) is 14.9 Å². The van der Waals surface area contributed by atoms with Crippen LogP contribution >= 0.6 is 0 Å². The van der Waals surface area contributed by atoms with Crippen molar-refractivity contribution in [1.82, 2.24) is 0 Å². The maximum absolute atomic E-state index is 11.1. The number of ether oxygens (including phenoxy) is 1. The highest BCUT2D eigenvalue weighted by molar-refractivity contribution is 5.75. The van der Waals surface area contributed by atoms with E-state index in [1.54, 1.807) is 12.1 Å². The molecule has 0 saturated heterocycles. The van der Waals surface area contributed by atoms with Crippen molar-refractivity contribution >= 4 is 11.7 Å². The maximum atomic E-state index is 11.1. The highest BCUT2D eigenvalue weighted by atomic mass is 16.6. The summed E-state index contributed by atoms with van der Waals surface area (Å²) < 4.78 is 4.52. The van der Waals surface area contributed by atoms with Gasteiger partial charge < -0.3 is 10.5 Å². The lowest BCUT2D eigenvalue weighted by Crippen LogP contribution is -2.31. The summed E-state index contributed by atoms with van der Waals surface area (Å²) >= 11 is 0. The molecule has 0 amide bonds. The standard InChI is InChI=1S/C12H16N2O4/c1-18-12(15)11(13)4-2-3-9-5-7-10(8-6-9)14(16)17/h5-8,11H,2-4,13H2,1H3/t11-/m1/s1. The summed E-state index contributed by atoms with van der Waals surface area (Å²) in [5, 5.41) is 10.5. The van der Waals surface area contributed by atoms with E-state index in [-0.39, 0.29) is 5.69 Å². The topological polar surface area (TPSA) is 95.5 Å². The number of nitro benzene ring substituents is 1. The minimum absolute atomic E-state index is 0.0741. The minimum atomic E-state index is -0.604. The van der Waals surface area contributed by atoms with Gasteiger partial charge in [-0.2, -0.15) is 0 Å². The van der Waals surface area contributed by atoms with Crippen LogP contribution in [-0.4, -0.2) is 24.0 Å². The van der Waals surface area contributed by atoms with Crippen molar-refractivity contribution in [3.8, 4) is 0 Å². The summed E-state index contributed by atoms with van der Waals surface area (Å²) in [5.74, 6) is -0.418.